The summed E-state index contributed by atoms with van der Waals surface area (Å²) in [6.07, 6.45) is 6.01. The van der Waals surface area contributed by atoms with Crippen molar-refractivity contribution in [1.82, 2.24) is 14.7 Å². The third-order valence-electron chi connectivity index (χ3n) is 6.14. The number of ether oxygens (including phenoxy) is 3. The first-order chi connectivity index (χ1) is 17.6. The van der Waals surface area contributed by atoms with Crippen LogP contribution in [-0.2, 0) is 11.4 Å². The van der Waals surface area contributed by atoms with Gasteiger partial charge in [0.1, 0.15) is 18.1 Å². The molecule has 2 aromatic heterocycles. The lowest BCUT2D eigenvalue weighted by atomic mass is 9.91. The minimum atomic E-state index is -0.269. The summed E-state index contributed by atoms with van der Waals surface area (Å²) in [5.41, 5.74) is 3.58. The van der Waals surface area contributed by atoms with Gasteiger partial charge in [-0.15, -0.1) is 0 Å². The van der Waals surface area contributed by atoms with E-state index in [1.165, 1.54) is 0 Å². The number of aromatic nitrogens is 2. The predicted octanol–water partition coefficient (Wildman–Crippen LogP) is 5.37. The number of rotatable bonds is 12. The maximum absolute atomic E-state index is 12.9. The van der Waals surface area contributed by atoms with Crippen LogP contribution in [0.5, 0.6) is 17.2 Å². The Labute approximate surface area is 212 Å². The number of carbonyl (C=O) groups excluding carboxylic acids is 1. The van der Waals surface area contributed by atoms with Crippen LogP contribution in [0.3, 0.4) is 0 Å². The first kappa shape index (κ1) is 25.1. The highest BCUT2D eigenvalue weighted by Crippen LogP contribution is 2.35. The molecule has 1 amide bonds. The minimum Gasteiger partial charge on any atom is -0.497 e. The Balaban J connectivity index is 1.70. The molecule has 0 aliphatic carbocycles. The number of imidazole rings is 1. The van der Waals surface area contributed by atoms with Gasteiger partial charge in [0.2, 0.25) is 5.91 Å². The number of unbranched alkanes of at least 4 members (excludes halogenated alkanes) is 1. The molecule has 0 spiro atoms. The van der Waals surface area contributed by atoms with E-state index in [0.29, 0.717) is 36.0 Å². The highest BCUT2D eigenvalue weighted by Gasteiger charge is 2.24. The summed E-state index contributed by atoms with van der Waals surface area (Å²) in [5.74, 6) is 1.74. The molecule has 1 unspecified atom stereocenters. The Morgan fingerprint density at radius 1 is 1.03 bits per heavy atom. The van der Waals surface area contributed by atoms with Crippen LogP contribution in [0, 0.1) is 0 Å². The summed E-state index contributed by atoms with van der Waals surface area (Å²) in [5, 5.41) is 3.05. The maximum Gasteiger partial charge on any atom is 0.221 e. The number of nitrogens with one attached hydrogen (secondary N) is 1. The van der Waals surface area contributed by atoms with Crippen LogP contribution >= 0.6 is 0 Å². The van der Waals surface area contributed by atoms with Gasteiger partial charge in [0.15, 0.2) is 11.4 Å². The highest BCUT2D eigenvalue weighted by molar-refractivity contribution is 5.77. The van der Waals surface area contributed by atoms with E-state index >= 15 is 0 Å². The summed E-state index contributed by atoms with van der Waals surface area (Å²) >= 11 is 0. The molecule has 0 aliphatic rings. The number of amides is 1. The van der Waals surface area contributed by atoms with Crippen LogP contribution in [0.25, 0.3) is 5.65 Å². The molecule has 2 aromatic carbocycles. The van der Waals surface area contributed by atoms with Crippen molar-refractivity contribution in [1.29, 1.82) is 0 Å². The Bertz CT molecular complexity index is 1260. The summed E-state index contributed by atoms with van der Waals surface area (Å²) in [6, 6.07) is 19.6. The molecule has 0 aliphatic heterocycles. The quantitative estimate of drug-likeness (QED) is 0.272. The van der Waals surface area contributed by atoms with Crippen LogP contribution in [0.15, 0.2) is 73.1 Å². The lowest BCUT2D eigenvalue weighted by Crippen LogP contribution is -2.26. The molecule has 1 atom stereocenters. The van der Waals surface area contributed by atoms with E-state index in [0.717, 1.165) is 29.7 Å². The standard InChI is InChI=1S/C29H33N3O4/c1-4-5-13-30-28(33)18-25(22-15-23(34-2)17-24(16-22)35-3)26-19-31-29-27(12-9-14-32(26)29)36-20-21-10-7-6-8-11-21/h6-12,14-17,19,25H,4-5,13,18,20H2,1-3H3,(H,30,33). The van der Waals surface area contributed by atoms with Crippen molar-refractivity contribution in [3.05, 3.63) is 89.9 Å². The Morgan fingerprint density at radius 2 is 1.78 bits per heavy atom. The number of pyridine rings is 1. The third-order valence-corrected chi connectivity index (χ3v) is 6.14. The molecule has 0 radical (unpaired) electrons. The van der Waals surface area contributed by atoms with Gasteiger partial charge < -0.3 is 23.9 Å². The van der Waals surface area contributed by atoms with Crippen molar-refractivity contribution in [2.24, 2.45) is 0 Å². The van der Waals surface area contributed by atoms with E-state index in [1.807, 2.05) is 77.5 Å². The Morgan fingerprint density at radius 3 is 2.47 bits per heavy atom. The molecule has 2 heterocycles. The molecular formula is C29H33N3O4. The van der Waals surface area contributed by atoms with Gasteiger partial charge in [-0.2, -0.15) is 0 Å². The van der Waals surface area contributed by atoms with Gasteiger partial charge in [0.25, 0.3) is 0 Å². The number of benzene rings is 2. The fraction of sp³-hybridized carbons (Fsp3) is 0.310. The van der Waals surface area contributed by atoms with Crippen molar-refractivity contribution in [3.63, 3.8) is 0 Å². The molecule has 0 saturated heterocycles. The zero-order valence-corrected chi connectivity index (χ0v) is 21.1. The zero-order chi connectivity index (χ0) is 25.3. The molecule has 0 bridgehead atoms. The molecule has 4 rings (SSSR count). The number of hydrogen-bond donors (Lipinski definition) is 1. The molecule has 7 heteroatoms. The lowest BCUT2D eigenvalue weighted by Gasteiger charge is -2.19. The number of fused-ring (bicyclic) bond motifs is 1. The summed E-state index contributed by atoms with van der Waals surface area (Å²) < 4.78 is 19.1. The summed E-state index contributed by atoms with van der Waals surface area (Å²) in [4.78, 5) is 17.6. The second-order valence-corrected chi connectivity index (χ2v) is 8.63. The van der Waals surface area contributed by atoms with Crippen LogP contribution in [-0.4, -0.2) is 36.1 Å². The number of nitrogens with zero attached hydrogens (tertiary/aromatic N) is 2. The van der Waals surface area contributed by atoms with Crippen molar-refractivity contribution in [3.8, 4) is 17.2 Å². The molecule has 36 heavy (non-hydrogen) atoms. The first-order valence-corrected chi connectivity index (χ1v) is 12.2. The lowest BCUT2D eigenvalue weighted by molar-refractivity contribution is -0.121. The fourth-order valence-electron chi connectivity index (χ4n) is 4.20. The van der Waals surface area contributed by atoms with Gasteiger partial charge >= 0.3 is 0 Å². The van der Waals surface area contributed by atoms with Crippen LogP contribution < -0.4 is 19.5 Å². The topological polar surface area (TPSA) is 74.1 Å². The smallest absolute Gasteiger partial charge is 0.221 e. The van der Waals surface area contributed by atoms with Crippen LogP contribution in [0.1, 0.15) is 48.9 Å². The summed E-state index contributed by atoms with van der Waals surface area (Å²) in [7, 11) is 3.24. The van der Waals surface area contributed by atoms with Gasteiger partial charge in [-0.05, 0) is 41.8 Å². The Kier molecular flexibility index (Phi) is 8.44. The SMILES string of the molecule is CCCCNC(=O)CC(c1cc(OC)cc(OC)c1)c1cnc2c(OCc3ccccc3)cccn12. The average Bonchev–Trinajstić information content (AvgIpc) is 3.35. The third kappa shape index (κ3) is 5.97. The second kappa shape index (κ2) is 12.1. The Hall–Kier alpha value is -4.00. The molecule has 0 fully saturated rings. The normalized spacial score (nSPS) is 11.8. The molecule has 4 aromatic rings. The molecule has 1 N–H and O–H groups in total. The largest absolute Gasteiger partial charge is 0.497 e. The van der Waals surface area contributed by atoms with E-state index in [2.05, 4.69) is 17.2 Å². The number of carbonyl (C=O) groups is 1. The second-order valence-electron chi connectivity index (χ2n) is 8.63. The van der Waals surface area contributed by atoms with E-state index in [9.17, 15) is 4.79 Å². The van der Waals surface area contributed by atoms with E-state index in [-0.39, 0.29) is 18.2 Å². The fourth-order valence-corrected chi connectivity index (χ4v) is 4.20. The summed E-state index contributed by atoms with van der Waals surface area (Å²) in [6.45, 7) is 3.21. The van der Waals surface area contributed by atoms with Gasteiger partial charge in [0.05, 0.1) is 19.9 Å². The monoisotopic (exact) mass is 487 g/mol. The van der Waals surface area contributed by atoms with Crippen molar-refractivity contribution < 1.29 is 19.0 Å². The first-order valence-electron chi connectivity index (χ1n) is 12.2. The van der Waals surface area contributed by atoms with E-state index < -0.39 is 0 Å². The molecule has 188 valence electrons. The average molecular weight is 488 g/mol. The predicted molar refractivity (Wildman–Crippen MR) is 140 cm³/mol. The van der Waals surface area contributed by atoms with Gasteiger partial charge in [0, 0.05) is 37.3 Å². The van der Waals surface area contributed by atoms with Gasteiger partial charge in [-0.1, -0.05) is 43.7 Å². The van der Waals surface area contributed by atoms with Crippen molar-refractivity contribution >= 4 is 11.6 Å². The number of hydrogen-bond acceptors (Lipinski definition) is 5. The maximum atomic E-state index is 12.9. The van der Waals surface area contributed by atoms with Gasteiger partial charge in [-0.3, -0.25) is 4.79 Å². The van der Waals surface area contributed by atoms with Crippen molar-refractivity contribution in [2.45, 2.75) is 38.7 Å². The van der Waals surface area contributed by atoms with E-state index in [4.69, 9.17) is 14.2 Å². The van der Waals surface area contributed by atoms with Crippen molar-refractivity contribution in [2.75, 3.05) is 20.8 Å². The van der Waals surface area contributed by atoms with Gasteiger partial charge in [-0.25, -0.2) is 4.98 Å². The van der Waals surface area contributed by atoms with Crippen LogP contribution in [0.4, 0.5) is 0 Å². The number of methoxy groups -OCH3 is 2. The zero-order valence-electron chi connectivity index (χ0n) is 21.1. The van der Waals surface area contributed by atoms with E-state index in [1.54, 1.807) is 14.2 Å². The molecule has 7 nitrogen and oxygen atoms in total. The van der Waals surface area contributed by atoms with Crippen LogP contribution in [0.2, 0.25) is 0 Å². The minimum absolute atomic E-state index is 0.0123. The highest BCUT2D eigenvalue weighted by atomic mass is 16.5. The molecule has 0 saturated carbocycles. The molecular weight excluding hydrogens is 454 g/mol.